The Bertz CT molecular complexity index is 522. The molecule has 1 aromatic carbocycles. The Morgan fingerprint density at radius 2 is 1.79 bits per heavy atom. The Hall–Kier alpha value is -0.870. The summed E-state index contributed by atoms with van der Waals surface area (Å²) >= 11 is 0. The molecule has 1 aliphatic rings. The van der Waals surface area contributed by atoms with E-state index < -0.39 is 10.0 Å². The molecule has 0 amide bonds. The van der Waals surface area contributed by atoms with Crippen molar-refractivity contribution in [3.8, 4) is 0 Å². The molecule has 1 unspecified atom stereocenters. The van der Waals surface area contributed by atoms with Crippen LogP contribution in [0.4, 0.5) is 0 Å². The van der Waals surface area contributed by atoms with Crippen molar-refractivity contribution in [2.24, 2.45) is 0 Å². The number of benzene rings is 1. The maximum Gasteiger partial charge on any atom is 0.243 e. The maximum atomic E-state index is 12.5. The van der Waals surface area contributed by atoms with E-state index in [2.05, 4.69) is 6.92 Å². The van der Waals surface area contributed by atoms with Gasteiger partial charge < -0.3 is 0 Å². The molecule has 19 heavy (non-hydrogen) atoms. The molecule has 3 nitrogen and oxygen atoms in total. The minimum absolute atomic E-state index is 0.156. The second-order valence-electron chi connectivity index (χ2n) is 5.45. The highest BCUT2D eigenvalue weighted by atomic mass is 32.2. The number of nitrogens with zero attached hydrogens (tertiary/aromatic N) is 1. The molecule has 0 N–H and O–H groups in total. The highest BCUT2D eigenvalue weighted by molar-refractivity contribution is 7.89. The van der Waals surface area contributed by atoms with E-state index in [0.29, 0.717) is 4.90 Å². The van der Waals surface area contributed by atoms with Crippen LogP contribution in [0.2, 0.25) is 0 Å². The Labute approximate surface area is 116 Å². The van der Waals surface area contributed by atoms with Crippen LogP contribution >= 0.6 is 0 Å². The zero-order chi connectivity index (χ0) is 14.0. The van der Waals surface area contributed by atoms with Crippen molar-refractivity contribution in [2.45, 2.75) is 63.4 Å². The van der Waals surface area contributed by atoms with E-state index in [4.69, 9.17) is 0 Å². The van der Waals surface area contributed by atoms with Gasteiger partial charge in [-0.05, 0) is 32.4 Å². The highest BCUT2D eigenvalue weighted by Crippen LogP contribution is 2.38. The summed E-state index contributed by atoms with van der Waals surface area (Å²) in [6.07, 6.45) is 4.46. The molecule has 1 fully saturated rings. The summed E-state index contributed by atoms with van der Waals surface area (Å²) in [4.78, 5) is 0.419. The van der Waals surface area contributed by atoms with Crippen LogP contribution in [0.15, 0.2) is 29.2 Å². The van der Waals surface area contributed by atoms with E-state index in [-0.39, 0.29) is 12.1 Å². The van der Waals surface area contributed by atoms with Gasteiger partial charge in [-0.25, -0.2) is 8.42 Å². The zero-order valence-corrected chi connectivity index (χ0v) is 12.8. The third-order valence-corrected chi connectivity index (χ3v) is 5.92. The summed E-state index contributed by atoms with van der Waals surface area (Å²) in [5, 5.41) is 0. The van der Waals surface area contributed by atoms with Gasteiger partial charge in [0, 0.05) is 12.1 Å². The molecule has 1 saturated heterocycles. The van der Waals surface area contributed by atoms with Crippen LogP contribution in [0.25, 0.3) is 0 Å². The topological polar surface area (TPSA) is 37.1 Å². The molecule has 0 bridgehead atoms. The predicted molar refractivity (Wildman–Crippen MR) is 77.6 cm³/mol. The van der Waals surface area contributed by atoms with Crippen molar-refractivity contribution in [2.75, 3.05) is 0 Å². The van der Waals surface area contributed by atoms with Gasteiger partial charge in [0.05, 0.1) is 4.90 Å². The van der Waals surface area contributed by atoms with Crippen molar-refractivity contribution < 1.29 is 8.42 Å². The molecule has 1 aromatic rings. The summed E-state index contributed by atoms with van der Waals surface area (Å²) in [5.41, 5.74) is 1.08. The van der Waals surface area contributed by atoms with Gasteiger partial charge in [0.1, 0.15) is 0 Å². The van der Waals surface area contributed by atoms with Crippen LogP contribution in [-0.2, 0) is 10.0 Å². The van der Waals surface area contributed by atoms with Crippen molar-refractivity contribution in [3.63, 3.8) is 0 Å². The first-order valence-corrected chi connectivity index (χ1v) is 8.52. The van der Waals surface area contributed by atoms with E-state index in [1.54, 1.807) is 16.4 Å². The molecule has 0 saturated carbocycles. The summed E-state index contributed by atoms with van der Waals surface area (Å²) in [7, 11) is -3.28. The first-order chi connectivity index (χ1) is 8.98. The molecule has 0 aromatic heterocycles. The van der Waals surface area contributed by atoms with Gasteiger partial charge in [0.2, 0.25) is 10.0 Å². The Balaban J connectivity index is 2.07. The third-order valence-electron chi connectivity index (χ3n) is 3.90. The van der Waals surface area contributed by atoms with Crippen molar-refractivity contribution in [1.82, 2.24) is 4.31 Å². The van der Waals surface area contributed by atoms with E-state index in [1.165, 1.54) is 12.8 Å². The van der Waals surface area contributed by atoms with Gasteiger partial charge in [-0.1, -0.05) is 43.9 Å². The van der Waals surface area contributed by atoms with Crippen molar-refractivity contribution in [3.05, 3.63) is 29.8 Å². The average Bonchev–Trinajstić information content (AvgIpc) is 3.02. The van der Waals surface area contributed by atoms with Gasteiger partial charge in [0.15, 0.2) is 0 Å². The molecular weight excluding hydrogens is 258 g/mol. The zero-order valence-electron chi connectivity index (χ0n) is 12.0. The Morgan fingerprint density at radius 1 is 1.16 bits per heavy atom. The summed E-state index contributed by atoms with van der Waals surface area (Å²) in [6, 6.07) is 7.48. The second kappa shape index (κ2) is 5.63. The Kier molecular flexibility index (Phi) is 4.31. The molecule has 4 heteroatoms. The van der Waals surface area contributed by atoms with Crippen LogP contribution in [0.5, 0.6) is 0 Å². The molecule has 0 aliphatic carbocycles. The summed E-state index contributed by atoms with van der Waals surface area (Å²) < 4.78 is 26.6. The van der Waals surface area contributed by atoms with E-state index >= 15 is 0 Å². The van der Waals surface area contributed by atoms with Crippen LogP contribution in [-0.4, -0.2) is 24.8 Å². The molecule has 0 spiro atoms. The van der Waals surface area contributed by atoms with Gasteiger partial charge in [-0.2, -0.15) is 4.31 Å². The lowest BCUT2D eigenvalue weighted by molar-refractivity contribution is 0.537. The summed E-state index contributed by atoms with van der Waals surface area (Å²) in [5.74, 6) is 0. The lowest BCUT2D eigenvalue weighted by Gasteiger charge is -2.07. The largest absolute Gasteiger partial charge is 0.243 e. The number of aryl methyl sites for hydroxylation is 1. The molecule has 0 radical (unpaired) electrons. The normalized spacial score (nSPS) is 26.4. The van der Waals surface area contributed by atoms with Gasteiger partial charge in [-0.15, -0.1) is 0 Å². The van der Waals surface area contributed by atoms with E-state index in [0.717, 1.165) is 18.4 Å². The fourth-order valence-corrected chi connectivity index (χ4v) is 4.47. The number of rotatable bonds is 6. The molecular formula is C15H23NO2S. The quantitative estimate of drug-likeness (QED) is 0.592. The monoisotopic (exact) mass is 281 g/mol. The third kappa shape index (κ3) is 3.00. The number of unbranched alkanes of at least 4 members (excludes halogenated alkanes) is 2. The van der Waals surface area contributed by atoms with Crippen LogP contribution in [0.3, 0.4) is 0 Å². The number of hydrogen-bond donors (Lipinski definition) is 0. The lowest BCUT2D eigenvalue weighted by atomic mass is 10.1. The van der Waals surface area contributed by atoms with Crippen LogP contribution in [0.1, 0.15) is 45.1 Å². The van der Waals surface area contributed by atoms with Crippen molar-refractivity contribution >= 4 is 10.0 Å². The average molecular weight is 281 g/mol. The standard InChI is InChI=1S/C15H23NO2S/c1-4-5-6-7-15-13(3)16(15)19(17,18)14-10-8-12(2)9-11-14/h8-11,13,15H,4-7H2,1-3H3/t13-,15+,16?/m1/s1. The highest BCUT2D eigenvalue weighted by Gasteiger charge is 2.51. The molecule has 2 rings (SSSR count). The van der Waals surface area contributed by atoms with E-state index in [9.17, 15) is 8.42 Å². The predicted octanol–water partition coefficient (Wildman–Crippen LogP) is 3.34. The minimum atomic E-state index is -3.28. The van der Waals surface area contributed by atoms with Crippen molar-refractivity contribution in [1.29, 1.82) is 0 Å². The maximum absolute atomic E-state index is 12.5. The Morgan fingerprint density at radius 3 is 2.37 bits per heavy atom. The van der Waals surface area contributed by atoms with Gasteiger partial charge >= 0.3 is 0 Å². The first-order valence-electron chi connectivity index (χ1n) is 7.08. The second-order valence-corrected chi connectivity index (χ2v) is 7.29. The number of hydrogen-bond acceptors (Lipinski definition) is 2. The first kappa shape index (κ1) is 14.5. The lowest BCUT2D eigenvalue weighted by Crippen LogP contribution is -2.15. The summed E-state index contributed by atoms with van der Waals surface area (Å²) in [6.45, 7) is 6.13. The fraction of sp³-hybridized carbons (Fsp3) is 0.600. The van der Waals surface area contributed by atoms with Crippen LogP contribution < -0.4 is 0 Å². The van der Waals surface area contributed by atoms with E-state index in [1.807, 2.05) is 26.0 Å². The SMILES string of the molecule is CCCCC[C@H]1[C@@H](C)N1S(=O)(=O)c1ccc(C)cc1. The number of sulfonamides is 1. The molecule has 106 valence electrons. The minimum Gasteiger partial charge on any atom is -0.207 e. The molecule has 1 heterocycles. The van der Waals surface area contributed by atoms with Crippen LogP contribution in [0, 0.1) is 6.92 Å². The smallest absolute Gasteiger partial charge is 0.207 e. The molecule has 1 aliphatic heterocycles. The molecule has 3 atom stereocenters. The van der Waals surface area contributed by atoms with Gasteiger partial charge in [0.25, 0.3) is 0 Å². The van der Waals surface area contributed by atoms with Gasteiger partial charge in [-0.3, -0.25) is 0 Å². The fourth-order valence-electron chi connectivity index (χ4n) is 2.58.